The number of primary amides is 1. The minimum atomic E-state index is -1.17. The number of carbonyl (C=O) groups excluding carboxylic acids is 3. The van der Waals surface area contributed by atoms with Crippen LogP contribution in [-0.2, 0) is 27.2 Å². The number of nitrogens with one attached hydrogen (secondary N) is 1. The third-order valence-corrected chi connectivity index (χ3v) is 6.07. The predicted molar refractivity (Wildman–Crippen MR) is 140 cm³/mol. The number of aryl methyl sites for hydroxylation is 1. The molecule has 0 aliphatic rings. The lowest BCUT2D eigenvalue weighted by Crippen LogP contribution is -2.55. The maximum absolute atomic E-state index is 13.7. The van der Waals surface area contributed by atoms with E-state index in [1.165, 1.54) is 24.0 Å². The lowest BCUT2D eigenvalue weighted by atomic mass is 10.0. The number of halogens is 2. The molecule has 36 heavy (non-hydrogen) atoms. The molecule has 10 heteroatoms. The van der Waals surface area contributed by atoms with Crippen LogP contribution in [0.5, 0.6) is 5.75 Å². The van der Waals surface area contributed by atoms with Gasteiger partial charge in [-0.1, -0.05) is 53.5 Å². The molecule has 4 N–H and O–H groups in total. The molecule has 2 rings (SSSR count). The van der Waals surface area contributed by atoms with E-state index in [1.807, 2.05) is 30.3 Å². The van der Waals surface area contributed by atoms with Crippen LogP contribution in [0.15, 0.2) is 42.5 Å². The standard InChI is InChI=1S/C26H33Cl2N3O5/c1-16(23(29)33)31(12-8-11-17-9-6-5-7-10-17)24(34)22(30-25(35)36-26(2,3)4)15-19-20(27)13-18(32)14-21(19)28/h5-7,9-10,13-14,16,22,32H,8,11-12,15H2,1-4H3,(H2,29,33)(H,30,35)/t16-,22?/m1/s1. The highest BCUT2D eigenvalue weighted by Gasteiger charge is 2.33. The van der Waals surface area contributed by atoms with E-state index in [-0.39, 0.29) is 28.8 Å². The van der Waals surface area contributed by atoms with Crippen molar-refractivity contribution in [1.29, 1.82) is 0 Å². The van der Waals surface area contributed by atoms with Gasteiger partial charge in [-0.3, -0.25) is 9.59 Å². The van der Waals surface area contributed by atoms with E-state index in [4.69, 9.17) is 33.7 Å². The Labute approximate surface area is 221 Å². The van der Waals surface area contributed by atoms with Crippen molar-refractivity contribution < 1.29 is 24.2 Å². The molecular weight excluding hydrogens is 505 g/mol. The third kappa shape index (κ3) is 8.91. The first-order valence-electron chi connectivity index (χ1n) is 11.6. The van der Waals surface area contributed by atoms with E-state index in [0.29, 0.717) is 18.4 Å². The van der Waals surface area contributed by atoms with Crippen molar-refractivity contribution in [2.45, 2.75) is 64.6 Å². The van der Waals surface area contributed by atoms with Gasteiger partial charge in [0, 0.05) is 23.0 Å². The Hall–Kier alpha value is -2.97. The van der Waals surface area contributed by atoms with Gasteiger partial charge in [0.05, 0.1) is 0 Å². The molecule has 2 atom stereocenters. The van der Waals surface area contributed by atoms with Gasteiger partial charge in [0.15, 0.2) is 0 Å². The van der Waals surface area contributed by atoms with Gasteiger partial charge < -0.3 is 25.8 Å². The Morgan fingerprint density at radius 1 is 1.11 bits per heavy atom. The molecule has 3 amide bonds. The van der Waals surface area contributed by atoms with Crippen molar-refractivity contribution in [1.82, 2.24) is 10.2 Å². The van der Waals surface area contributed by atoms with E-state index in [0.717, 1.165) is 5.56 Å². The predicted octanol–water partition coefficient (Wildman–Crippen LogP) is 4.47. The average molecular weight is 538 g/mol. The SMILES string of the molecule is C[C@H](C(N)=O)N(CCCc1ccccc1)C(=O)C(Cc1c(Cl)cc(O)cc1Cl)NC(=O)OC(C)(C)C. The van der Waals surface area contributed by atoms with Crippen molar-refractivity contribution in [3.05, 3.63) is 63.6 Å². The molecule has 0 aromatic heterocycles. The summed E-state index contributed by atoms with van der Waals surface area (Å²) in [6.07, 6.45) is 0.322. The number of benzene rings is 2. The lowest BCUT2D eigenvalue weighted by molar-refractivity contribution is -0.140. The number of ether oxygens (including phenoxy) is 1. The molecule has 0 saturated heterocycles. The summed E-state index contributed by atoms with van der Waals surface area (Å²) in [4.78, 5) is 39.8. The summed E-state index contributed by atoms with van der Waals surface area (Å²) >= 11 is 12.6. The summed E-state index contributed by atoms with van der Waals surface area (Å²) in [5.74, 6) is -1.36. The van der Waals surface area contributed by atoms with Crippen molar-refractivity contribution in [2.75, 3.05) is 6.54 Å². The van der Waals surface area contributed by atoms with Crippen LogP contribution in [0.2, 0.25) is 10.0 Å². The second-order valence-corrected chi connectivity index (χ2v) is 10.3. The Morgan fingerprint density at radius 3 is 2.22 bits per heavy atom. The number of phenolic OH excluding ortho intramolecular Hbond substituents is 1. The lowest BCUT2D eigenvalue weighted by Gasteiger charge is -2.32. The number of amides is 3. The van der Waals surface area contributed by atoms with E-state index >= 15 is 0 Å². The fraction of sp³-hybridized carbons (Fsp3) is 0.423. The number of nitrogens with two attached hydrogens (primary N) is 1. The quantitative estimate of drug-likeness (QED) is 0.412. The Kier molecular flexibility index (Phi) is 10.4. The number of carbonyl (C=O) groups is 3. The van der Waals surface area contributed by atoms with Crippen molar-refractivity contribution in [2.24, 2.45) is 5.73 Å². The molecule has 0 spiro atoms. The molecule has 1 unspecified atom stereocenters. The minimum absolute atomic E-state index is 0.101. The van der Waals surface area contributed by atoms with Gasteiger partial charge >= 0.3 is 6.09 Å². The molecular formula is C26H33Cl2N3O5. The average Bonchev–Trinajstić information content (AvgIpc) is 2.76. The zero-order chi connectivity index (χ0) is 27.0. The molecule has 0 aliphatic heterocycles. The number of nitrogens with zero attached hydrogens (tertiary/aromatic N) is 1. The van der Waals surface area contributed by atoms with Crippen LogP contribution in [0.1, 0.15) is 45.2 Å². The van der Waals surface area contributed by atoms with Crippen LogP contribution in [0.3, 0.4) is 0 Å². The highest BCUT2D eigenvalue weighted by molar-refractivity contribution is 6.36. The molecule has 0 fully saturated rings. The summed E-state index contributed by atoms with van der Waals surface area (Å²) in [7, 11) is 0. The van der Waals surface area contributed by atoms with Gasteiger partial charge in [0.25, 0.3) is 0 Å². The Balaban J connectivity index is 2.34. The van der Waals surface area contributed by atoms with Gasteiger partial charge in [0.1, 0.15) is 23.4 Å². The zero-order valence-corrected chi connectivity index (χ0v) is 22.4. The second kappa shape index (κ2) is 12.8. The van der Waals surface area contributed by atoms with Gasteiger partial charge in [-0.15, -0.1) is 0 Å². The molecule has 196 valence electrons. The molecule has 0 radical (unpaired) electrons. The monoisotopic (exact) mass is 537 g/mol. The zero-order valence-electron chi connectivity index (χ0n) is 20.9. The van der Waals surface area contributed by atoms with Crippen LogP contribution in [0, 0.1) is 0 Å². The van der Waals surface area contributed by atoms with Crippen molar-refractivity contribution in [3.8, 4) is 5.75 Å². The molecule has 8 nitrogen and oxygen atoms in total. The molecule has 0 heterocycles. The highest BCUT2D eigenvalue weighted by Crippen LogP contribution is 2.31. The summed E-state index contributed by atoms with van der Waals surface area (Å²) in [6.45, 7) is 6.85. The number of hydrogen-bond donors (Lipinski definition) is 3. The van der Waals surface area contributed by atoms with Crippen molar-refractivity contribution >= 4 is 41.1 Å². The topological polar surface area (TPSA) is 122 Å². The fourth-order valence-corrected chi connectivity index (χ4v) is 4.22. The van der Waals surface area contributed by atoms with Gasteiger partial charge in [0.2, 0.25) is 11.8 Å². The maximum Gasteiger partial charge on any atom is 0.408 e. The Morgan fingerprint density at radius 2 is 1.69 bits per heavy atom. The summed E-state index contributed by atoms with van der Waals surface area (Å²) < 4.78 is 5.34. The van der Waals surface area contributed by atoms with Gasteiger partial charge in [-0.25, -0.2) is 4.79 Å². The van der Waals surface area contributed by atoms with Crippen molar-refractivity contribution in [3.63, 3.8) is 0 Å². The first kappa shape index (κ1) is 29.3. The van der Waals surface area contributed by atoms with E-state index < -0.39 is 35.6 Å². The van der Waals surface area contributed by atoms with Crippen LogP contribution >= 0.6 is 23.2 Å². The number of hydrogen-bond acceptors (Lipinski definition) is 5. The normalized spacial score (nSPS) is 12.9. The highest BCUT2D eigenvalue weighted by atomic mass is 35.5. The first-order chi connectivity index (χ1) is 16.8. The largest absolute Gasteiger partial charge is 0.508 e. The Bertz CT molecular complexity index is 1050. The molecule has 0 saturated carbocycles. The smallest absolute Gasteiger partial charge is 0.408 e. The number of alkyl carbamates (subject to hydrolysis) is 1. The number of rotatable bonds is 10. The first-order valence-corrected chi connectivity index (χ1v) is 12.3. The number of aromatic hydroxyl groups is 1. The van der Waals surface area contributed by atoms with Gasteiger partial charge in [-0.05, 0) is 63.8 Å². The van der Waals surface area contributed by atoms with Crippen LogP contribution in [0.4, 0.5) is 4.79 Å². The van der Waals surface area contributed by atoms with E-state index in [2.05, 4.69) is 5.32 Å². The number of phenols is 1. The summed E-state index contributed by atoms with van der Waals surface area (Å²) in [6, 6.07) is 10.2. The summed E-state index contributed by atoms with van der Waals surface area (Å²) in [5.41, 5.74) is 6.18. The minimum Gasteiger partial charge on any atom is -0.508 e. The van der Waals surface area contributed by atoms with Crippen LogP contribution in [0.25, 0.3) is 0 Å². The second-order valence-electron chi connectivity index (χ2n) is 9.49. The maximum atomic E-state index is 13.7. The van der Waals surface area contributed by atoms with E-state index in [1.54, 1.807) is 20.8 Å². The molecule has 0 bridgehead atoms. The van der Waals surface area contributed by atoms with Crippen LogP contribution in [-0.4, -0.2) is 52.1 Å². The summed E-state index contributed by atoms with van der Waals surface area (Å²) in [5, 5.41) is 12.6. The van der Waals surface area contributed by atoms with E-state index in [9.17, 15) is 19.5 Å². The molecule has 2 aromatic carbocycles. The van der Waals surface area contributed by atoms with Gasteiger partial charge in [-0.2, -0.15) is 0 Å². The van der Waals surface area contributed by atoms with Crippen LogP contribution < -0.4 is 11.1 Å². The fourth-order valence-electron chi connectivity index (χ4n) is 3.59. The molecule has 0 aliphatic carbocycles. The third-order valence-electron chi connectivity index (χ3n) is 5.39. The molecule has 2 aromatic rings.